The number of ether oxygens (including phenoxy) is 1. The van der Waals surface area contributed by atoms with Crippen LogP contribution >= 0.6 is 0 Å². The second-order valence-electron chi connectivity index (χ2n) is 8.09. The topological polar surface area (TPSA) is 38.5 Å². The zero-order valence-electron chi connectivity index (χ0n) is 13.5. The first-order valence-electron chi connectivity index (χ1n) is 7.83. The fraction of sp³-hybridized carbons (Fsp3) is 1.00. The molecule has 2 N–H and O–H groups in total. The number of nitrogens with two attached hydrogens (primary N) is 1. The summed E-state index contributed by atoms with van der Waals surface area (Å²) in [4.78, 5) is 2.64. The highest BCUT2D eigenvalue weighted by atomic mass is 16.5. The SMILES string of the molecule is CC1CCC(CN)(N2CC(C)(C)OC(C)(C)C2)CC1. The van der Waals surface area contributed by atoms with E-state index in [1.54, 1.807) is 0 Å². The highest BCUT2D eigenvalue weighted by Crippen LogP contribution is 2.40. The van der Waals surface area contributed by atoms with Crippen molar-refractivity contribution in [3.8, 4) is 0 Å². The summed E-state index contributed by atoms with van der Waals surface area (Å²) < 4.78 is 6.21. The van der Waals surface area contributed by atoms with Crippen LogP contribution in [0.15, 0.2) is 0 Å². The Hall–Kier alpha value is -0.120. The minimum absolute atomic E-state index is 0.0764. The van der Waals surface area contributed by atoms with E-state index in [-0.39, 0.29) is 16.7 Å². The molecule has 0 spiro atoms. The van der Waals surface area contributed by atoms with Gasteiger partial charge in [0.25, 0.3) is 0 Å². The number of hydrogen-bond acceptors (Lipinski definition) is 3. The van der Waals surface area contributed by atoms with Crippen LogP contribution in [0.1, 0.15) is 60.3 Å². The summed E-state index contributed by atoms with van der Waals surface area (Å²) in [6, 6.07) is 0. The van der Waals surface area contributed by atoms with Crippen molar-refractivity contribution in [1.29, 1.82) is 0 Å². The van der Waals surface area contributed by atoms with E-state index < -0.39 is 0 Å². The minimum Gasteiger partial charge on any atom is -0.367 e. The van der Waals surface area contributed by atoms with Crippen molar-refractivity contribution in [1.82, 2.24) is 4.90 Å². The maximum absolute atomic E-state index is 6.21. The third-order valence-electron chi connectivity index (χ3n) is 4.95. The molecular weight excluding hydrogens is 236 g/mol. The van der Waals surface area contributed by atoms with Crippen molar-refractivity contribution in [2.45, 2.75) is 77.0 Å². The molecule has 2 fully saturated rings. The summed E-state index contributed by atoms with van der Waals surface area (Å²) in [5.41, 5.74) is 6.27. The highest BCUT2D eigenvalue weighted by molar-refractivity contribution is 5.01. The van der Waals surface area contributed by atoms with Crippen LogP contribution in [-0.2, 0) is 4.74 Å². The van der Waals surface area contributed by atoms with E-state index in [2.05, 4.69) is 39.5 Å². The normalized spacial score (nSPS) is 39.2. The fourth-order valence-corrected chi connectivity index (χ4v) is 4.07. The Balaban J connectivity index is 2.18. The summed E-state index contributed by atoms with van der Waals surface area (Å²) >= 11 is 0. The predicted molar refractivity (Wildman–Crippen MR) is 80.2 cm³/mol. The Bertz CT molecular complexity index is 301. The summed E-state index contributed by atoms with van der Waals surface area (Å²) in [5.74, 6) is 0.863. The molecule has 0 aromatic heterocycles. The third kappa shape index (κ3) is 3.32. The van der Waals surface area contributed by atoms with Crippen LogP contribution < -0.4 is 5.73 Å². The lowest BCUT2D eigenvalue weighted by Gasteiger charge is -2.56. The first-order valence-corrected chi connectivity index (χ1v) is 7.83. The molecule has 0 bridgehead atoms. The van der Waals surface area contributed by atoms with Crippen molar-refractivity contribution < 1.29 is 4.74 Å². The molecule has 0 atom stereocenters. The largest absolute Gasteiger partial charge is 0.367 e. The number of morpholine rings is 1. The van der Waals surface area contributed by atoms with Crippen molar-refractivity contribution in [2.75, 3.05) is 19.6 Å². The smallest absolute Gasteiger partial charge is 0.0761 e. The molecule has 1 saturated heterocycles. The molecule has 0 aromatic rings. The van der Waals surface area contributed by atoms with Gasteiger partial charge in [-0.15, -0.1) is 0 Å². The van der Waals surface area contributed by atoms with Crippen LogP contribution in [0.25, 0.3) is 0 Å². The van der Waals surface area contributed by atoms with Crippen molar-refractivity contribution >= 4 is 0 Å². The lowest BCUT2D eigenvalue weighted by Crippen LogP contribution is -2.66. The van der Waals surface area contributed by atoms with Gasteiger partial charge in [-0.25, -0.2) is 0 Å². The van der Waals surface area contributed by atoms with Crippen LogP contribution in [0.2, 0.25) is 0 Å². The van der Waals surface area contributed by atoms with E-state index in [0.717, 1.165) is 25.6 Å². The lowest BCUT2D eigenvalue weighted by molar-refractivity contribution is -0.202. The van der Waals surface area contributed by atoms with Crippen LogP contribution in [0, 0.1) is 5.92 Å². The van der Waals surface area contributed by atoms with E-state index in [4.69, 9.17) is 10.5 Å². The van der Waals surface area contributed by atoms with E-state index >= 15 is 0 Å². The molecule has 2 rings (SSSR count). The molecule has 1 aliphatic carbocycles. The molecule has 1 aliphatic heterocycles. The summed E-state index contributed by atoms with van der Waals surface area (Å²) in [6.07, 6.45) is 5.12. The monoisotopic (exact) mass is 268 g/mol. The van der Waals surface area contributed by atoms with E-state index in [1.807, 2.05) is 0 Å². The van der Waals surface area contributed by atoms with Gasteiger partial charge in [-0.2, -0.15) is 0 Å². The summed E-state index contributed by atoms with van der Waals surface area (Å²) in [7, 11) is 0. The van der Waals surface area contributed by atoms with E-state index in [0.29, 0.717) is 0 Å². The lowest BCUT2D eigenvalue weighted by atomic mass is 9.74. The van der Waals surface area contributed by atoms with E-state index in [9.17, 15) is 0 Å². The fourth-order valence-electron chi connectivity index (χ4n) is 4.07. The maximum atomic E-state index is 6.21. The van der Waals surface area contributed by atoms with Gasteiger partial charge in [-0.05, 0) is 59.3 Å². The molecule has 0 unspecified atom stereocenters. The van der Waals surface area contributed by atoms with Gasteiger partial charge >= 0.3 is 0 Å². The van der Waals surface area contributed by atoms with Crippen molar-refractivity contribution in [3.05, 3.63) is 0 Å². The zero-order chi connectivity index (χ0) is 14.3. The molecule has 3 heteroatoms. The molecule has 1 saturated carbocycles. The molecule has 19 heavy (non-hydrogen) atoms. The standard InChI is InChI=1S/C16H32N2O/c1-13-6-8-16(10-17,9-7-13)18-11-14(2,3)19-15(4,5)12-18/h13H,6-12,17H2,1-5H3. The van der Waals surface area contributed by atoms with E-state index in [1.165, 1.54) is 25.7 Å². The molecule has 112 valence electrons. The molecule has 0 aromatic carbocycles. The molecule has 0 radical (unpaired) electrons. The molecule has 2 aliphatic rings. The van der Waals surface area contributed by atoms with Gasteiger partial charge in [0.15, 0.2) is 0 Å². The first kappa shape index (κ1) is 15.3. The van der Waals surface area contributed by atoms with Crippen molar-refractivity contribution in [2.24, 2.45) is 11.7 Å². The van der Waals surface area contributed by atoms with Gasteiger partial charge in [0.1, 0.15) is 0 Å². The Labute approximate surface area is 118 Å². The Morgan fingerprint density at radius 2 is 1.53 bits per heavy atom. The molecule has 0 amide bonds. The van der Waals surface area contributed by atoms with Crippen LogP contribution in [0.3, 0.4) is 0 Å². The van der Waals surface area contributed by atoms with Gasteiger partial charge in [0.05, 0.1) is 11.2 Å². The minimum atomic E-state index is -0.0764. The van der Waals surface area contributed by atoms with Gasteiger partial charge < -0.3 is 10.5 Å². The number of hydrogen-bond donors (Lipinski definition) is 1. The van der Waals surface area contributed by atoms with Crippen LogP contribution in [0.5, 0.6) is 0 Å². The summed E-state index contributed by atoms with van der Waals surface area (Å²) in [6.45, 7) is 14.0. The van der Waals surface area contributed by atoms with Gasteiger partial charge in [-0.1, -0.05) is 6.92 Å². The number of nitrogens with zero attached hydrogens (tertiary/aromatic N) is 1. The first-order chi connectivity index (χ1) is 8.68. The molecule has 1 heterocycles. The second-order valence-corrected chi connectivity index (χ2v) is 8.09. The molecular formula is C16H32N2O. The highest BCUT2D eigenvalue weighted by Gasteiger charge is 2.47. The Kier molecular flexibility index (Phi) is 4.03. The Morgan fingerprint density at radius 3 is 1.95 bits per heavy atom. The molecule has 3 nitrogen and oxygen atoms in total. The van der Waals surface area contributed by atoms with Gasteiger partial charge in [0.2, 0.25) is 0 Å². The quantitative estimate of drug-likeness (QED) is 0.837. The van der Waals surface area contributed by atoms with Crippen LogP contribution in [-0.4, -0.2) is 41.3 Å². The van der Waals surface area contributed by atoms with Gasteiger partial charge in [-0.3, -0.25) is 4.90 Å². The third-order valence-corrected chi connectivity index (χ3v) is 4.95. The zero-order valence-corrected chi connectivity index (χ0v) is 13.5. The predicted octanol–water partition coefficient (Wildman–Crippen LogP) is 2.78. The maximum Gasteiger partial charge on any atom is 0.0761 e. The average molecular weight is 268 g/mol. The average Bonchev–Trinajstić information content (AvgIpc) is 2.26. The van der Waals surface area contributed by atoms with Crippen LogP contribution in [0.4, 0.5) is 0 Å². The number of rotatable bonds is 2. The second kappa shape index (κ2) is 5.01. The van der Waals surface area contributed by atoms with Gasteiger partial charge in [0, 0.05) is 25.2 Å². The Morgan fingerprint density at radius 1 is 1.05 bits per heavy atom. The summed E-state index contributed by atoms with van der Waals surface area (Å²) in [5, 5.41) is 0. The van der Waals surface area contributed by atoms with Crippen molar-refractivity contribution in [3.63, 3.8) is 0 Å².